The molecule has 0 bridgehead atoms. The van der Waals surface area contributed by atoms with E-state index in [-0.39, 0.29) is 0 Å². The number of unbranched alkanes of at least 4 members (excludes halogenated alkanes) is 6. The molecule has 0 saturated carbocycles. The maximum Gasteiger partial charge on any atom is 0.303 e. The highest BCUT2D eigenvalue weighted by Crippen LogP contribution is 2.22. The van der Waals surface area contributed by atoms with E-state index >= 15 is 0 Å². The molecule has 32 heavy (non-hydrogen) atoms. The molecular formula is C24H39N5O3. The number of benzene rings is 1. The van der Waals surface area contributed by atoms with Gasteiger partial charge in [-0.15, -0.1) is 0 Å². The van der Waals surface area contributed by atoms with Gasteiger partial charge in [0.1, 0.15) is 5.75 Å². The number of hydrazone groups is 1. The summed E-state index contributed by atoms with van der Waals surface area (Å²) >= 11 is 0. The normalized spacial score (nSPS) is 11.4. The molecule has 0 spiro atoms. The van der Waals surface area contributed by atoms with E-state index in [1.54, 1.807) is 13.3 Å². The number of methoxy groups -OCH3 is 1. The Labute approximate surface area is 191 Å². The van der Waals surface area contributed by atoms with E-state index in [0.717, 1.165) is 54.4 Å². The maximum absolute atomic E-state index is 10.0. The van der Waals surface area contributed by atoms with Crippen molar-refractivity contribution in [1.29, 1.82) is 0 Å². The monoisotopic (exact) mass is 445 g/mol. The Morgan fingerprint density at radius 3 is 2.56 bits per heavy atom. The predicted octanol–water partition coefficient (Wildman–Crippen LogP) is 5.04. The number of aromatic amines is 1. The molecule has 178 valence electrons. The first-order valence-corrected chi connectivity index (χ1v) is 11.5. The number of aliphatic carboxylic acids is 1. The molecule has 0 fully saturated rings. The van der Waals surface area contributed by atoms with Crippen LogP contribution in [0.3, 0.4) is 0 Å². The molecule has 0 aliphatic rings. The first-order chi connectivity index (χ1) is 15.5. The number of hydrogen-bond donors (Lipinski definition) is 4. The van der Waals surface area contributed by atoms with Crippen LogP contribution in [0, 0.1) is 0 Å². The van der Waals surface area contributed by atoms with Gasteiger partial charge in [-0.1, -0.05) is 52.4 Å². The minimum atomic E-state index is -0.670. The van der Waals surface area contributed by atoms with Crippen LogP contribution in [0.2, 0.25) is 0 Å². The fraction of sp³-hybridized carbons (Fsp3) is 0.542. The highest BCUT2D eigenvalue weighted by molar-refractivity contribution is 5.99. The van der Waals surface area contributed by atoms with Crippen molar-refractivity contribution < 1.29 is 14.6 Å². The van der Waals surface area contributed by atoms with Crippen molar-refractivity contribution in [3.8, 4) is 5.75 Å². The fourth-order valence-corrected chi connectivity index (χ4v) is 3.00. The number of nitrogens with two attached hydrogens (primary N) is 1. The lowest BCUT2D eigenvalue weighted by Crippen LogP contribution is -2.27. The molecule has 8 heteroatoms. The summed E-state index contributed by atoms with van der Waals surface area (Å²) in [6, 6.07) is 5.86. The molecule has 8 nitrogen and oxygen atoms in total. The van der Waals surface area contributed by atoms with Crippen LogP contribution in [0.1, 0.15) is 77.2 Å². The average Bonchev–Trinajstić information content (AvgIpc) is 3.19. The van der Waals surface area contributed by atoms with Gasteiger partial charge >= 0.3 is 5.97 Å². The van der Waals surface area contributed by atoms with Crippen LogP contribution in [0.5, 0.6) is 5.75 Å². The predicted molar refractivity (Wildman–Crippen MR) is 133 cm³/mol. The molecule has 0 amide bonds. The summed E-state index contributed by atoms with van der Waals surface area (Å²) < 4.78 is 5.24. The number of H-pyrrole nitrogens is 1. The summed E-state index contributed by atoms with van der Waals surface area (Å²) in [6.07, 6.45) is 12.9. The lowest BCUT2D eigenvalue weighted by atomic mass is 10.1. The molecule has 1 aromatic carbocycles. The Morgan fingerprint density at radius 2 is 1.88 bits per heavy atom. The van der Waals surface area contributed by atoms with Crippen LogP contribution in [0.4, 0.5) is 0 Å². The third-order valence-corrected chi connectivity index (χ3v) is 4.84. The minimum absolute atomic E-state index is 0.337. The largest absolute Gasteiger partial charge is 0.497 e. The van der Waals surface area contributed by atoms with Crippen LogP contribution < -0.4 is 15.9 Å². The van der Waals surface area contributed by atoms with Crippen molar-refractivity contribution in [2.24, 2.45) is 15.8 Å². The number of guanidine groups is 1. The van der Waals surface area contributed by atoms with Gasteiger partial charge < -0.3 is 20.6 Å². The summed E-state index contributed by atoms with van der Waals surface area (Å²) in [4.78, 5) is 17.4. The van der Waals surface area contributed by atoms with E-state index in [1.165, 1.54) is 25.7 Å². The van der Waals surface area contributed by atoms with Crippen molar-refractivity contribution >= 4 is 29.0 Å². The second-order valence-electron chi connectivity index (χ2n) is 7.56. The minimum Gasteiger partial charge on any atom is -0.497 e. The van der Waals surface area contributed by atoms with Crippen LogP contribution >= 0.6 is 0 Å². The van der Waals surface area contributed by atoms with Crippen LogP contribution in [-0.4, -0.2) is 41.9 Å². The van der Waals surface area contributed by atoms with Crippen LogP contribution in [-0.2, 0) is 4.79 Å². The standard InChI is InChI=1S/C16H23N5O.C8H16O2/c1-3-4-5-8-18-16(17)21-20-11-12-10-19-15-7-6-13(22-2)9-14(12)15;1-2-3-4-5-6-7-8(9)10/h6-7,9-11,19H,3-5,8H2,1-2H3,(H3,17,18,21);2-7H2,1H3,(H,9,10)/b20-11+;. The lowest BCUT2D eigenvalue weighted by molar-refractivity contribution is -0.137. The Bertz CT molecular complexity index is 845. The molecular weight excluding hydrogens is 406 g/mol. The number of nitrogens with one attached hydrogen (secondary N) is 2. The van der Waals surface area contributed by atoms with E-state index in [9.17, 15) is 4.79 Å². The number of aromatic nitrogens is 1. The molecule has 0 radical (unpaired) electrons. The number of hydrogen-bond acceptors (Lipinski definition) is 4. The van der Waals surface area contributed by atoms with Crippen LogP contribution in [0.15, 0.2) is 34.5 Å². The number of carboxylic acids is 1. The molecule has 0 saturated heterocycles. The van der Waals surface area contributed by atoms with E-state index < -0.39 is 5.97 Å². The number of aliphatic imine (C=N–C) groups is 1. The molecule has 2 aromatic rings. The van der Waals surface area contributed by atoms with Gasteiger partial charge in [-0.05, 0) is 31.0 Å². The Hall–Kier alpha value is -3.03. The lowest BCUT2D eigenvalue weighted by Gasteiger charge is -2.00. The van der Waals surface area contributed by atoms with Gasteiger partial charge in [-0.25, -0.2) is 5.43 Å². The molecule has 1 heterocycles. The Kier molecular flexibility index (Phi) is 14.0. The summed E-state index contributed by atoms with van der Waals surface area (Å²) in [5, 5.41) is 13.4. The zero-order valence-electron chi connectivity index (χ0n) is 19.7. The second kappa shape index (κ2) is 16.6. The van der Waals surface area contributed by atoms with Gasteiger partial charge in [-0.3, -0.25) is 9.79 Å². The van der Waals surface area contributed by atoms with Gasteiger partial charge in [0.05, 0.1) is 13.3 Å². The summed E-state index contributed by atoms with van der Waals surface area (Å²) in [5.41, 5.74) is 10.5. The fourth-order valence-electron chi connectivity index (χ4n) is 3.00. The molecule has 0 aliphatic carbocycles. The van der Waals surface area contributed by atoms with Crippen molar-refractivity contribution in [3.05, 3.63) is 30.0 Å². The number of rotatable bonds is 13. The molecule has 5 N–H and O–H groups in total. The molecule has 0 unspecified atom stereocenters. The van der Waals surface area contributed by atoms with Crippen LogP contribution in [0.25, 0.3) is 10.9 Å². The Balaban J connectivity index is 0.000000433. The Morgan fingerprint density at radius 1 is 1.16 bits per heavy atom. The highest BCUT2D eigenvalue weighted by Gasteiger charge is 2.03. The SMILES string of the molecule is CCCCCCCC(=O)O.CCCCCN=C(N)N/N=C/c1c[nH]c2ccc(OC)cc12. The number of ether oxygens (including phenoxy) is 1. The summed E-state index contributed by atoms with van der Waals surface area (Å²) in [6.45, 7) is 5.04. The topological polar surface area (TPSA) is 125 Å². The van der Waals surface area contributed by atoms with Gasteiger partial charge in [0.2, 0.25) is 5.96 Å². The zero-order valence-corrected chi connectivity index (χ0v) is 19.7. The third-order valence-electron chi connectivity index (χ3n) is 4.84. The quantitative estimate of drug-likeness (QED) is 0.149. The third kappa shape index (κ3) is 11.4. The molecule has 1 aromatic heterocycles. The van der Waals surface area contributed by atoms with E-state index in [2.05, 4.69) is 34.4 Å². The van der Waals surface area contributed by atoms with Gasteiger partial charge in [0.15, 0.2) is 0 Å². The molecule has 2 rings (SSSR count). The highest BCUT2D eigenvalue weighted by atomic mass is 16.5. The molecule has 0 atom stereocenters. The zero-order chi connectivity index (χ0) is 23.6. The summed E-state index contributed by atoms with van der Waals surface area (Å²) in [7, 11) is 1.65. The summed E-state index contributed by atoms with van der Waals surface area (Å²) in [5.74, 6) is 0.480. The van der Waals surface area contributed by atoms with Crippen molar-refractivity contribution in [3.63, 3.8) is 0 Å². The van der Waals surface area contributed by atoms with E-state index in [0.29, 0.717) is 12.4 Å². The number of carboxylic acid groups (broad SMARTS) is 1. The molecule has 0 aliphatic heterocycles. The van der Waals surface area contributed by atoms with Crippen molar-refractivity contribution in [1.82, 2.24) is 10.4 Å². The first-order valence-electron chi connectivity index (χ1n) is 11.5. The maximum atomic E-state index is 10.0. The number of nitrogens with zero attached hydrogens (tertiary/aromatic N) is 2. The number of fused-ring (bicyclic) bond motifs is 1. The smallest absolute Gasteiger partial charge is 0.303 e. The van der Waals surface area contributed by atoms with Gasteiger partial charge in [0.25, 0.3) is 0 Å². The van der Waals surface area contributed by atoms with E-state index in [1.807, 2.05) is 24.4 Å². The number of carbonyl (C=O) groups is 1. The van der Waals surface area contributed by atoms with Gasteiger partial charge in [-0.2, -0.15) is 5.10 Å². The van der Waals surface area contributed by atoms with Crippen molar-refractivity contribution in [2.45, 2.75) is 71.6 Å². The second-order valence-corrected chi connectivity index (χ2v) is 7.56. The van der Waals surface area contributed by atoms with Crippen molar-refractivity contribution in [2.75, 3.05) is 13.7 Å². The first kappa shape index (κ1) is 27.0. The van der Waals surface area contributed by atoms with E-state index in [4.69, 9.17) is 15.6 Å². The van der Waals surface area contributed by atoms with Gasteiger partial charge in [0, 0.05) is 35.6 Å². The average molecular weight is 446 g/mol.